The quantitative estimate of drug-likeness (QED) is 0.869. The lowest BCUT2D eigenvalue weighted by atomic mass is 10.0. The molecule has 0 spiro atoms. The molecule has 1 N–H and O–H groups in total. The van der Waals surface area contributed by atoms with Crippen molar-refractivity contribution in [2.45, 2.75) is 39.0 Å². The van der Waals surface area contributed by atoms with E-state index in [0.29, 0.717) is 6.04 Å². The summed E-state index contributed by atoms with van der Waals surface area (Å²) in [6.45, 7) is 9.25. The molecule has 1 heterocycles. The summed E-state index contributed by atoms with van der Waals surface area (Å²) in [7, 11) is 3.80. The maximum absolute atomic E-state index is 9.96. The Morgan fingerprint density at radius 2 is 2.00 bits per heavy atom. The second kappa shape index (κ2) is 7.99. The highest BCUT2D eigenvalue weighted by Gasteiger charge is 2.27. The molecule has 5 nitrogen and oxygen atoms in total. The predicted molar refractivity (Wildman–Crippen MR) is 92.2 cm³/mol. The highest BCUT2D eigenvalue weighted by Crippen LogP contribution is 2.33. The van der Waals surface area contributed by atoms with Gasteiger partial charge in [0.1, 0.15) is 0 Å². The average Bonchev–Trinajstić information content (AvgIpc) is 2.51. The molecule has 1 aromatic carbocycles. The summed E-state index contributed by atoms with van der Waals surface area (Å²) in [5.74, 6) is 1.46. The van der Waals surface area contributed by atoms with Gasteiger partial charge in [0.15, 0.2) is 11.5 Å². The first-order valence-corrected chi connectivity index (χ1v) is 8.36. The van der Waals surface area contributed by atoms with Crippen molar-refractivity contribution in [3.05, 3.63) is 23.8 Å². The van der Waals surface area contributed by atoms with Crippen LogP contribution in [0, 0.1) is 0 Å². The fourth-order valence-electron chi connectivity index (χ4n) is 3.04. The Kier molecular flexibility index (Phi) is 6.27. The molecule has 5 heteroatoms. The Morgan fingerprint density at radius 1 is 1.26 bits per heavy atom. The van der Waals surface area contributed by atoms with E-state index in [-0.39, 0.29) is 18.8 Å². The SMILES string of the molecule is COc1ccc(C(CO)N2CCN(C)C(C)C2)cc1OC(C)C. The van der Waals surface area contributed by atoms with Crippen LogP contribution in [0.1, 0.15) is 32.4 Å². The van der Waals surface area contributed by atoms with E-state index in [1.165, 1.54) is 0 Å². The van der Waals surface area contributed by atoms with Gasteiger partial charge in [0.05, 0.1) is 25.9 Å². The van der Waals surface area contributed by atoms with Crippen LogP contribution in [0.2, 0.25) is 0 Å². The molecule has 1 aliphatic rings. The molecule has 0 amide bonds. The van der Waals surface area contributed by atoms with Crippen LogP contribution >= 0.6 is 0 Å². The van der Waals surface area contributed by atoms with Gasteiger partial charge in [-0.25, -0.2) is 0 Å². The van der Waals surface area contributed by atoms with E-state index in [2.05, 4.69) is 23.8 Å². The maximum atomic E-state index is 9.96. The highest BCUT2D eigenvalue weighted by atomic mass is 16.5. The number of aliphatic hydroxyl groups excluding tert-OH is 1. The molecule has 1 aliphatic heterocycles. The van der Waals surface area contributed by atoms with Crippen molar-refractivity contribution in [3.8, 4) is 11.5 Å². The summed E-state index contributed by atoms with van der Waals surface area (Å²) >= 11 is 0. The third kappa shape index (κ3) is 4.37. The highest BCUT2D eigenvalue weighted by molar-refractivity contribution is 5.44. The number of hydrogen-bond donors (Lipinski definition) is 1. The fraction of sp³-hybridized carbons (Fsp3) is 0.667. The zero-order valence-corrected chi connectivity index (χ0v) is 15.0. The maximum Gasteiger partial charge on any atom is 0.161 e. The molecule has 23 heavy (non-hydrogen) atoms. The minimum Gasteiger partial charge on any atom is -0.493 e. The van der Waals surface area contributed by atoms with E-state index in [0.717, 1.165) is 36.7 Å². The molecule has 2 atom stereocenters. The summed E-state index contributed by atoms with van der Waals surface area (Å²) in [6, 6.07) is 6.43. The third-order valence-electron chi connectivity index (χ3n) is 4.54. The number of ether oxygens (including phenoxy) is 2. The molecule has 1 aromatic rings. The zero-order valence-electron chi connectivity index (χ0n) is 15.0. The van der Waals surface area contributed by atoms with Gasteiger partial charge in [0.25, 0.3) is 0 Å². The third-order valence-corrected chi connectivity index (χ3v) is 4.54. The second-order valence-corrected chi connectivity index (χ2v) is 6.60. The van der Waals surface area contributed by atoms with Crippen LogP contribution in [0.15, 0.2) is 18.2 Å². The Hall–Kier alpha value is -1.30. The number of nitrogens with zero attached hydrogens (tertiary/aromatic N) is 2. The fourth-order valence-corrected chi connectivity index (χ4v) is 3.04. The van der Waals surface area contributed by atoms with Gasteiger partial charge >= 0.3 is 0 Å². The first-order chi connectivity index (χ1) is 11.0. The molecule has 2 rings (SSSR count). The van der Waals surface area contributed by atoms with Crippen LogP contribution in [0.3, 0.4) is 0 Å². The summed E-state index contributed by atoms with van der Waals surface area (Å²) in [5.41, 5.74) is 1.07. The van der Waals surface area contributed by atoms with Gasteiger partial charge in [-0.15, -0.1) is 0 Å². The molecule has 0 saturated carbocycles. The minimum atomic E-state index is -0.00781. The number of benzene rings is 1. The van der Waals surface area contributed by atoms with E-state index < -0.39 is 0 Å². The van der Waals surface area contributed by atoms with Crippen molar-refractivity contribution >= 4 is 0 Å². The van der Waals surface area contributed by atoms with Crippen LogP contribution in [-0.4, -0.2) is 67.5 Å². The molecule has 2 unspecified atom stereocenters. The largest absolute Gasteiger partial charge is 0.493 e. The molecule has 0 aliphatic carbocycles. The molecule has 0 bridgehead atoms. The van der Waals surface area contributed by atoms with E-state index in [1.807, 2.05) is 32.0 Å². The lowest BCUT2D eigenvalue weighted by Gasteiger charge is -2.41. The summed E-state index contributed by atoms with van der Waals surface area (Å²) in [6.07, 6.45) is 0.0791. The van der Waals surface area contributed by atoms with Gasteiger partial charge in [-0.1, -0.05) is 6.07 Å². The minimum absolute atomic E-state index is 0.00781. The average molecular weight is 322 g/mol. The topological polar surface area (TPSA) is 45.2 Å². The lowest BCUT2D eigenvalue weighted by molar-refractivity contribution is 0.0462. The Morgan fingerprint density at radius 3 is 2.57 bits per heavy atom. The van der Waals surface area contributed by atoms with E-state index >= 15 is 0 Å². The number of hydrogen-bond acceptors (Lipinski definition) is 5. The number of piperazine rings is 1. The number of rotatable bonds is 6. The van der Waals surface area contributed by atoms with Gasteiger partial charge in [0.2, 0.25) is 0 Å². The van der Waals surface area contributed by atoms with Crippen molar-refractivity contribution in [1.82, 2.24) is 9.80 Å². The van der Waals surface area contributed by atoms with Crippen LogP contribution in [0.4, 0.5) is 0 Å². The molecular formula is C18H30N2O3. The smallest absolute Gasteiger partial charge is 0.161 e. The molecule has 130 valence electrons. The second-order valence-electron chi connectivity index (χ2n) is 6.60. The van der Waals surface area contributed by atoms with Crippen molar-refractivity contribution in [3.63, 3.8) is 0 Å². The molecule has 1 fully saturated rings. The predicted octanol–water partition coefficient (Wildman–Crippen LogP) is 2.15. The lowest BCUT2D eigenvalue weighted by Crippen LogP contribution is -2.51. The molecule has 0 aromatic heterocycles. The van der Waals surface area contributed by atoms with Crippen molar-refractivity contribution in [2.24, 2.45) is 0 Å². The van der Waals surface area contributed by atoms with Crippen molar-refractivity contribution < 1.29 is 14.6 Å². The first-order valence-electron chi connectivity index (χ1n) is 8.36. The zero-order chi connectivity index (χ0) is 17.0. The Labute approximate surface area is 139 Å². The standard InChI is InChI=1S/C18H30N2O3/c1-13(2)23-18-10-15(6-7-17(18)22-5)16(12-21)20-9-8-19(4)14(3)11-20/h6-7,10,13-14,16,21H,8-9,11-12H2,1-5H3. The van der Waals surface area contributed by atoms with Gasteiger partial charge in [-0.2, -0.15) is 0 Å². The number of methoxy groups -OCH3 is 1. The molecular weight excluding hydrogens is 292 g/mol. The van der Waals surface area contributed by atoms with Gasteiger partial charge < -0.3 is 19.5 Å². The first kappa shape index (κ1) is 18.0. The van der Waals surface area contributed by atoms with Crippen LogP contribution in [-0.2, 0) is 0 Å². The molecule has 0 radical (unpaired) electrons. The van der Waals surface area contributed by atoms with E-state index in [1.54, 1.807) is 7.11 Å². The van der Waals surface area contributed by atoms with Gasteiger partial charge in [-0.3, -0.25) is 4.90 Å². The number of aliphatic hydroxyl groups is 1. The normalized spacial score (nSPS) is 21.4. The summed E-state index contributed by atoms with van der Waals surface area (Å²) in [4.78, 5) is 4.71. The Balaban J connectivity index is 2.23. The van der Waals surface area contributed by atoms with E-state index in [4.69, 9.17) is 9.47 Å². The van der Waals surface area contributed by atoms with Gasteiger partial charge in [-0.05, 0) is 45.5 Å². The van der Waals surface area contributed by atoms with Crippen LogP contribution in [0.5, 0.6) is 11.5 Å². The van der Waals surface area contributed by atoms with Gasteiger partial charge in [0, 0.05) is 25.7 Å². The van der Waals surface area contributed by atoms with E-state index in [9.17, 15) is 5.11 Å². The van der Waals surface area contributed by atoms with Crippen molar-refractivity contribution in [2.75, 3.05) is 40.4 Å². The van der Waals surface area contributed by atoms with Crippen LogP contribution in [0.25, 0.3) is 0 Å². The molecule has 1 saturated heterocycles. The Bertz CT molecular complexity index is 507. The monoisotopic (exact) mass is 322 g/mol. The summed E-state index contributed by atoms with van der Waals surface area (Å²) < 4.78 is 11.2. The number of likely N-dealkylation sites (N-methyl/N-ethyl adjacent to an activating group) is 1. The summed E-state index contributed by atoms with van der Waals surface area (Å²) in [5, 5.41) is 9.96. The van der Waals surface area contributed by atoms with Crippen molar-refractivity contribution in [1.29, 1.82) is 0 Å². The van der Waals surface area contributed by atoms with Crippen LogP contribution < -0.4 is 9.47 Å².